The molecular weight excluding hydrogens is 404 g/mol. The minimum absolute atomic E-state index is 0.235. The fraction of sp³-hybridized carbons (Fsp3) is 0.154. The summed E-state index contributed by atoms with van der Waals surface area (Å²) >= 11 is 0. The third kappa shape index (κ3) is 3.50. The van der Waals surface area contributed by atoms with E-state index in [0.717, 1.165) is 24.0 Å². The third-order valence-electron chi connectivity index (χ3n) is 5.58. The average Bonchev–Trinajstić information content (AvgIpc) is 2.83. The molecule has 0 amide bonds. The normalized spacial score (nSPS) is 11.3. The predicted octanol–water partition coefficient (Wildman–Crippen LogP) is 5.15. The molecule has 0 unspecified atom stereocenters. The van der Waals surface area contributed by atoms with Crippen LogP contribution in [0.25, 0.3) is 44.7 Å². The fourth-order valence-corrected chi connectivity index (χ4v) is 3.68. The van der Waals surface area contributed by atoms with Gasteiger partial charge in [-0.2, -0.15) is 0 Å². The Kier molecular flexibility index (Phi) is 4.90. The Hall–Kier alpha value is -4.06. The molecule has 3 aromatic carbocycles. The molecule has 5 rings (SSSR count). The highest BCUT2D eigenvalue weighted by atomic mass is 16.4. The van der Waals surface area contributed by atoms with Crippen molar-refractivity contribution in [2.75, 3.05) is 0 Å². The van der Waals surface area contributed by atoms with Gasteiger partial charge in [0, 0.05) is 11.1 Å². The van der Waals surface area contributed by atoms with Crippen LogP contribution in [0.3, 0.4) is 0 Å². The van der Waals surface area contributed by atoms with Crippen LogP contribution in [0.2, 0.25) is 0 Å². The van der Waals surface area contributed by atoms with Crippen molar-refractivity contribution in [1.82, 2.24) is 9.97 Å². The Morgan fingerprint density at radius 2 is 1.03 bits per heavy atom. The average molecular weight is 424 g/mol. The van der Waals surface area contributed by atoms with Gasteiger partial charge in [0.25, 0.3) is 0 Å². The minimum atomic E-state index is -0.419. The lowest BCUT2D eigenvalue weighted by Gasteiger charge is -2.05. The Labute approximate surface area is 183 Å². The van der Waals surface area contributed by atoms with Gasteiger partial charge in [-0.05, 0) is 72.5 Å². The lowest BCUT2D eigenvalue weighted by Crippen LogP contribution is -2.04. The first kappa shape index (κ1) is 19.9. The van der Waals surface area contributed by atoms with E-state index in [1.54, 1.807) is 24.3 Å². The first-order valence-corrected chi connectivity index (χ1v) is 10.5. The van der Waals surface area contributed by atoms with Crippen LogP contribution in [0.4, 0.5) is 0 Å². The fourth-order valence-electron chi connectivity index (χ4n) is 3.68. The molecule has 0 spiro atoms. The first-order valence-electron chi connectivity index (χ1n) is 10.5. The molecule has 2 heterocycles. The van der Waals surface area contributed by atoms with Crippen LogP contribution in [-0.2, 0) is 12.8 Å². The zero-order valence-corrected chi connectivity index (χ0v) is 17.7. The second-order valence-electron chi connectivity index (χ2n) is 7.60. The first-order chi connectivity index (χ1) is 15.6. The molecule has 0 radical (unpaired) electrons. The van der Waals surface area contributed by atoms with E-state index in [0.29, 0.717) is 32.9 Å². The van der Waals surface area contributed by atoms with Crippen LogP contribution >= 0.6 is 0 Å². The van der Waals surface area contributed by atoms with Crippen molar-refractivity contribution in [3.05, 3.63) is 92.6 Å². The Bertz CT molecular complexity index is 1460. The maximum Gasteiger partial charge on any atom is 0.347 e. The van der Waals surface area contributed by atoms with E-state index in [1.165, 1.54) is 0 Å². The minimum Gasteiger partial charge on any atom is -0.403 e. The van der Waals surface area contributed by atoms with Crippen molar-refractivity contribution in [3.8, 4) is 22.9 Å². The number of nitrogens with zero attached hydrogens (tertiary/aromatic N) is 2. The highest BCUT2D eigenvalue weighted by molar-refractivity contribution is 5.80. The number of hydrogen-bond donors (Lipinski definition) is 0. The lowest BCUT2D eigenvalue weighted by atomic mass is 10.1. The number of hydrogen-bond acceptors (Lipinski definition) is 6. The monoisotopic (exact) mass is 424 g/mol. The molecule has 2 aromatic heterocycles. The summed E-state index contributed by atoms with van der Waals surface area (Å²) < 4.78 is 10.9. The summed E-state index contributed by atoms with van der Waals surface area (Å²) in [4.78, 5) is 33.9. The van der Waals surface area contributed by atoms with E-state index in [1.807, 2.05) is 50.2 Å². The highest BCUT2D eigenvalue weighted by Crippen LogP contribution is 2.24. The van der Waals surface area contributed by atoms with Gasteiger partial charge in [-0.1, -0.05) is 26.0 Å². The number of rotatable bonds is 4. The van der Waals surface area contributed by atoms with Crippen LogP contribution in [0, 0.1) is 0 Å². The Balaban J connectivity index is 1.53. The number of fused-ring (bicyclic) bond motifs is 2. The van der Waals surface area contributed by atoms with Gasteiger partial charge >= 0.3 is 11.3 Å². The van der Waals surface area contributed by atoms with Gasteiger partial charge in [-0.25, -0.2) is 19.6 Å². The molecule has 0 fully saturated rings. The molecule has 0 bridgehead atoms. The molecule has 0 aliphatic heterocycles. The van der Waals surface area contributed by atoms with Crippen LogP contribution in [0.5, 0.6) is 0 Å². The number of benzene rings is 3. The third-order valence-corrected chi connectivity index (χ3v) is 5.58. The molecule has 0 saturated heterocycles. The van der Waals surface area contributed by atoms with Crippen molar-refractivity contribution >= 4 is 21.8 Å². The van der Waals surface area contributed by atoms with Crippen molar-refractivity contribution in [1.29, 1.82) is 0 Å². The lowest BCUT2D eigenvalue weighted by molar-refractivity contribution is 0.516. The molecule has 6 nitrogen and oxygen atoms in total. The van der Waals surface area contributed by atoms with Gasteiger partial charge in [0.2, 0.25) is 11.8 Å². The van der Waals surface area contributed by atoms with E-state index in [-0.39, 0.29) is 11.8 Å². The molecular formula is C26H20N2O4. The van der Waals surface area contributed by atoms with E-state index in [4.69, 9.17) is 8.83 Å². The van der Waals surface area contributed by atoms with Crippen LogP contribution < -0.4 is 11.3 Å². The van der Waals surface area contributed by atoms with E-state index >= 15 is 0 Å². The van der Waals surface area contributed by atoms with Crippen molar-refractivity contribution in [2.45, 2.75) is 26.7 Å². The van der Waals surface area contributed by atoms with Gasteiger partial charge in [0.15, 0.2) is 0 Å². The van der Waals surface area contributed by atoms with Gasteiger partial charge in [0.05, 0.1) is 21.8 Å². The second kappa shape index (κ2) is 7.89. The summed E-state index contributed by atoms with van der Waals surface area (Å²) in [7, 11) is 0. The standard InChI is InChI=1S/C26H20N2O4/c1-3-15-5-11-21-19(13-15)25(29)31-23(27-21)17-7-9-18(10-8-17)24-28-22-12-6-16(4-2)14-20(22)26(30)32-24/h5-14H,3-4H2,1-2H3. The van der Waals surface area contributed by atoms with Crippen LogP contribution in [-0.4, -0.2) is 9.97 Å². The molecule has 158 valence electrons. The zero-order chi connectivity index (χ0) is 22.2. The summed E-state index contributed by atoms with van der Waals surface area (Å²) in [6.45, 7) is 4.06. The summed E-state index contributed by atoms with van der Waals surface area (Å²) in [5, 5.41) is 0.941. The van der Waals surface area contributed by atoms with E-state index < -0.39 is 11.3 Å². The summed E-state index contributed by atoms with van der Waals surface area (Å²) in [5.41, 5.74) is 3.73. The van der Waals surface area contributed by atoms with E-state index in [9.17, 15) is 9.59 Å². The number of aromatic nitrogens is 2. The largest absolute Gasteiger partial charge is 0.403 e. The van der Waals surface area contributed by atoms with Gasteiger partial charge in [-0.15, -0.1) is 0 Å². The maximum atomic E-state index is 12.5. The molecule has 5 aromatic rings. The molecule has 0 atom stereocenters. The summed E-state index contributed by atoms with van der Waals surface area (Å²) in [5.74, 6) is 0.469. The highest BCUT2D eigenvalue weighted by Gasteiger charge is 2.12. The molecule has 0 N–H and O–H groups in total. The van der Waals surface area contributed by atoms with E-state index in [2.05, 4.69) is 9.97 Å². The van der Waals surface area contributed by atoms with Crippen LogP contribution in [0.1, 0.15) is 25.0 Å². The summed E-state index contributed by atoms with van der Waals surface area (Å²) in [6.07, 6.45) is 1.66. The molecule has 32 heavy (non-hydrogen) atoms. The molecule has 0 aliphatic rings. The predicted molar refractivity (Wildman–Crippen MR) is 124 cm³/mol. The van der Waals surface area contributed by atoms with Gasteiger partial charge in [0.1, 0.15) is 0 Å². The van der Waals surface area contributed by atoms with Gasteiger partial charge in [-0.3, -0.25) is 0 Å². The van der Waals surface area contributed by atoms with Crippen molar-refractivity contribution in [3.63, 3.8) is 0 Å². The maximum absolute atomic E-state index is 12.5. The molecule has 0 aliphatic carbocycles. The van der Waals surface area contributed by atoms with Crippen LogP contribution in [0.15, 0.2) is 79.1 Å². The van der Waals surface area contributed by atoms with Gasteiger partial charge < -0.3 is 8.83 Å². The smallest absolute Gasteiger partial charge is 0.347 e. The molecule has 0 saturated carbocycles. The molecule has 6 heteroatoms. The van der Waals surface area contributed by atoms with Crippen molar-refractivity contribution < 1.29 is 8.83 Å². The Morgan fingerprint density at radius 1 is 0.625 bits per heavy atom. The quantitative estimate of drug-likeness (QED) is 0.397. The second-order valence-corrected chi connectivity index (χ2v) is 7.60. The topological polar surface area (TPSA) is 86.2 Å². The Morgan fingerprint density at radius 3 is 1.41 bits per heavy atom. The summed E-state index contributed by atoms with van der Waals surface area (Å²) in [6, 6.07) is 18.3. The SMILES string of the molecule is CCc1ccc2nc(-c3ccc(-c4nc5ccc(CC)cc5c(=O)o4)cc3)oc(=O)c2c1. The van der Waals surface area contributed by atoms with Crippen molar-refractivity contribution in [2.24, 2.45) is 0 Å². The number of aryl methyl sites for hydroxylation is 2. The zero-order valence-electron chi connectivity index (χ0n) is 17.7.